The summed E-state index contributed by atoms with van der Waals surface area (Å²) in [6.45, 7) is 0.879. The highest BCUT2D eigenvalue weighted by molar-refractivity contribution is 7.99. The minimum absolute atomic E-state index is 0.0826. The summed E-state index contributed by atoms with van der Waals surface area (Å²) in [7, 11) is 0. The molecule has 0 radical (unpaired) electrons. The third-order valence-electron chi connectivity index (χ3n) is 2.32. The van der Waals surface area contributed by atoms with Crippen LogP contribution in [0.15, 0.2) is 29.4 Å². The molecule has 0 saturated heterocycles. The fourth-order valence-electron chi connectivity index (χ4n) is 1.44. The Hall–Kier alpha value is -2.00. The van der Waals surface area contributed by atoms with Crippen molar-refractivity contribution in [2.75, 3.05) is 17.6 Å². The lowest BCUT2D eigenvalue weighted by Gasteiger charge is -2.05. The number of amides is 1. The average Bonchev–Trinajstić information content (AvgIpc) is 2.87. The molecule has 0 fully saturated rings. The summed E-state index contributed by atoms with van der Waals surface area (Å²) < 4.78 is 14.9. The molecule has 7 nitrogen and oxygen atoms in total. The number of hydrogen-bond acceptors (Lipinski definition) is 6. The van der Waals surface area contributed by atoms with Crippen LogP contribution in [0.3, 0.4) is 0 Å². The molecule has 0 saturated carbocycles. The van der Waals surface area contributed by atoms with Crippen LogP contribution >= 0.6 is 11.8 Å². The van der Waals surface area contributed by atoms with Gasteiger partial charge in [-0.3, -0.25) is 4.79 Å². The summed E-state index contributed by atoms with van der Waals surface area (Å²) >= 11 is 1.16. The van der Waals surface area contributed by atoms with Crippen LogP contribution in [0, 0.1) is 5.82 Å². The number of rotatable bonds is 6. The molecule has 0 bridgehead atoms. The normalized spacial score (nSPS) is 10.5. The van der Waals surface area contributed by atoms with E-state index in [2.05, 4.69) is 20.8 Å². The Morgan fingerprint density at radius 2 is 2.25 bits per heavy atom. The molecule has 3 N–H and O–H groups in total. The number of anilines is 1. The number of halogens is 1. The summed E-state index contributed by atoms with van der Waals surface area (Å²) in [6.07, 6.45) is 0. The molecular formula is C11H13FN6OS. The highest BCUT2D eigenvalue weighted by Gasteiger charge is 2.11. The van der Waals surface area contributed by atoms with Crippen molar-refractivity contribution in [2.45, 2.75) is 11.7 Å². The molecule has 1 amide bonds. The minimum Gasteiger partial charge on any atom is -0.329 e. The van der Waals surface area contributed by atoms with E-state index in [1.807, 2.05) is 0 Å². The van der Waals surface area contributed by atoms with Gasteiger partial charge in [-0.1, -0.05) is 23.9 Å². The zero-order valence-electron chi connectivity index (χ0n) is 10.5. The number of tetrazole rings is 1. The van der Waals surface area contributed by atoms with E-state index >= 15 is 0 Å². The van der Waals surface area contributed by atoms with E-state index in [0.717, 1.165) is 11.8 Å². The first-order valence-corrected chi connectivity index (χ1v) is 6.82. The Balaban J connectivity index is 1.89. The lowest BCUT2D eigenvalue weighted by Crippen LogP contribution is -2.16. The predicted octanol–water partition coefficient (Wildman–Crippen LogP) is 0.502. The van der Waals surface area contributed by atoms with Gasteiger partial charge in [0.1, 0.15) is 5.82 Å². The van der Waals surface area contributed by atoms with Gasteiger partial charge in [0.2, 0.25) is 11.1 Å². The fourth-order valence-corrected chi connectivity index (χ4v) is 2.14. The summed E-state index contributed by atoms with van der Waals surface area (Å²) in [6, 6.07) is 5.98. The predicted molar refractivity (Wildman–Crippen MR) is 72.6 cm³/mol. The molecule has 1 aromatic carbocycles. The van der Waals surface area contributed by atoms with Crippen molar-refractivity contribution in [1.29, 1.82) is 0 Å². The summed E-state index contributed by atoms with van der Waals surface area (Å²) in [4.78, 5) is 11.7. The van der Waals surface area contributed by atoms with Crippen molar-refractivity contribution >= 4 is 23.4 Å². The molecule has 9 heteroatoms. The Morgan fingerprint density at radius 3 is 3.00 bits per heavy atom. The molecule has 0 unspecified atom stereocenters. The van der Waals surface area contributed by atoms with E-state index in [0.29, 0.717) is 18.2 Å². The largest absolute Gasteiger partial charge is 0.329 e. The zero-order valence-corrected chi connectivity index (χ0v) is 11.3. The van der Waals surface area contributed by atoms with E-state index in [1.54, 1.807) is 12.1 Å². The summed E-state index contributed by atoms with van der Waals surface area (Å²) in [5.41, 5.74) is 5.57. The standard InChI is InChI=1S/C11H13FN6OS/c12-8-3-1-2-4-9(8)14-10(19)7-20-11-15-16-17-18(11)6-5-13/h1-4H,5-7,13H2,(H,14,19). The van der Waals surface area contributed by atoms with E-state index in [1.165, 1.54) is 16.8 Å². The van der Waals surface area contributed by atoms with Gasteiger partial charge in [-0.15, -0.1) is 5.10 Å². The lowest BCUT2D eigenvalue weighted by molar-refractivity contribution is -0.113. The number of carbonyl (C=O) groups excluding carboxylic acids is 1. The third kappa shape index (κ3) is 3.75. The van der Waals surface area contributed by atoms with Gasteiger partial charge in [-0.05, 0) is 22.6 Å². The van der Waals surface area contributed by atoms with Crippen LogP contribution in [-0.4, -0.2) is 38.4 Å². The van der Waals surface area contributed by atoms with Gasteiger partial charge in [0.05, 0.1) is 18.0 Å². The zero-order chi connectivity index (χ0) is 14.4. The molecule has 0 aliphatic carbocycles. The molecule has 2 rings (SSSR count). The molecule has 20 heavy (non-hydrogen) atoms. The maximum Gasteiger partial charge on any atom is 0.234 e. The van der Waals surface area contributed by atoms with E-state index < -0.39 is 5.82 Å². The van der Waals surface area contributed by atoms with Crippen LogP contribution in [0.2, 0.25) is 0 Å². The molecule has 0 spiro atoms. The SMILES string of the molecule is NCCn1nnnc1SCC(=O)Nc1ccccc1F. The quantitative estimate of drug-likeness (QED) is 0.753. The van der Waals surface area contributed by atoms with Crippen molar-refractivity contribution in [3.05, 3.63) is 30.1 Å². The maximum atomic E-state index is 13.4. The van der Waals surface area contributed by atoms with Crippen molar-refractivity contribution in [2.24, 2.45) is 5.73 Å². The van der Waals surface area contributed by atoms with Crippen LogP contribution in [0.5, 0.6) is 0 Å². The Labute approximate surface area is 118 Å². The number of benzene rings is 1. The molecule has 0 aliphatic rings. The number of hydrogen-bond donors (Lipinski definition) is 2. The van der Waals surface area contributed by atoms with Crippen molar-refractivity contribution in [1.82, 2.24) is 20.2 Å². The van der Waals surface area contributed by atoms with Crippen LogP contribution in [0.4, 0.5) is 10.1 Å². The van der Waals surface area contributed by atoms with Gasteiger partial charge in [0, 0.05) is 6.54 Å². The second kappa shape index (κ2) is 6.96. The van der Waals surface area contributed by atoms with Gasteiger partial charge in [0.25, 0.3) is 0 Å². The highest BCUT2D eigenvalue weighted by atomic mass is 32.2. The molecule has 2 aromatic rings. The smallest absolute Gasteiger partial charge is 0.234 e. The van der Waals surface area contributed by atoms with E-state index in [9.17, 15) is 9.18 Å². The molecule has 1 heterocycles. The van der Waals surface area contributed by atoms with Gasteiger partial charge in [-0.25, -0.2) is 9.07 Å². The average molecular weight is 296 g/mol. The Morgan fingerprint density at radius 1 is 1.45 bits per heavy atom. The van der Waals surface area contributed by atoms with Crippen LogP contribution in [0.1, 0.15) is 0 Å². The number of nitrogens with zero attached hydrogens (tertiary/aromatic N) is 4. The maximum absolute atomic E-state index is 13.4. The molecule has 1 aromatic heterocycles. The number of aromatic nitrogens is 4. The van der Waals surface area contributed by atoms with Crippen molar-refractivity contribution in [3.63, 3.8) is 0 Å². The van der Waals surface area contributed by atoms with Gasteiger partial charge < -0.3 is 11.1 Å². The molecular weight excluding hydrogens is 283 g/mol. The summed E-state index contributed by atoms with van der Waals surface area (Å²) in [5.74, 6) is -0.722. The topological polar surface area (TPSA) is 98.7 Å². The third-order valence-corrected chi connectivity index (χ3v) is 3.28. The number of nitrogens with one attached hydrogen (secondary N) is 1. The van der Waals surface area contributed by atoms with E-state index in [-0.39, 0.29) is 17.3 Å². The number of nitrogens with two attached hydrogens (primary N) is 1. The monoisotopic (exact) mass is 296 g/mol. The first-order valence-electron chi connectivity index (χ1n) is 5.84. The van der Waals surface area contributed by atoms with Crippen LogP contribution in [-0.2, 0) is 11.3 Å². The number of carbonyl (C=O) groups is 1. The molecule has 0 atom stereocenters. The fraction of sp³-hybridized carbons (Fsp3) is 0.273. The lowest BCUT2D eigenvalue weighted by atomic mass is 10.3. The van der Waals surface area contributed by atoms with Gasteiger partial charge in [0.15, 0.2) is 0 Å². The Kier molecular flexibility index (Phi) is 5.02. The highest BCUT2D eigenvalue weighted by Crippen LogP contribution is 2.16. The molecule has 106 valence electrons. The van der Waals surface area contributed by atoms with Crippen molar-refractivity contribution < 1.29 is 9.18 Å². The van der Waals surface area contributed by atoms with Crippen molar-refractivity contribution in [3.8, 4) is 0 Å². The van der Waals surface area contributed by atoms with Crippen LogP contribution in [0.25, 0.3) is 0 Å². The van der Waals surface area contributed by atoms with Gasteiger partial charge in [-0.2, -0.15) is 0 Å². The van der Waals surface area contributed by atoms with E-state index in [4.69, 9.17) is 5.73 Å². The number of thioether (sulfide) groups is 1. The Bertz CT molecular complexity index is 590. The second-order valence-corrected chi connectivity index (χ2v) is 4.73. The minimum atomic E-state index is -0.473. The number of para-hydroxylation sites is 1. The van der Waals surface area contributed by atoms with Gasteiger partial charge >= 0.3 is 0 Å². The van der Waals surface area contributed by atoms with Crippen LogP contribution < -0.4 is 11.1 Å². The first-order chi connectivity index (χ1) is 9.70. The second-order valence-electron chi connectivity index (χ2n) is 3.79. The first kappa shape index (κ1) is 14.4. The molecule has 0 aliphatic heterocycles. The summed E-state index contributed by atoms with van der Waals surface area (Å²) in [5, 5.41) is 14.0.